The molecule has 0 heterocycles. The highest BCUT2D eigenvalue weighted by molar-refractivity contribution is 8.19. The summed E-state index contributed by atoms with van der Waals surface area (Å²) in [7, 11) is 0. The van der Waals surface area contributed by atoms with Crippen molar-refractivity contribution in [3.8, 4) is 0 Å². The van der Waals surface area contributed by atoms with E-state index in [2.05, 4.69) is 13.8 Å². The lowest BCUT2D eigenvalue weighted by Crippen LogP contribution is -2.28. The zero-order valence-electron chi connectivity index (χ0n) is 17.2. The standard InChI is InChI=1S/C17H34O2S2.C3H6O2/c1-4-6-8-10-12-14-20-17(3,16(18)19)21-15-13-11-9-7-5-2;1-2-3(4)5/h4-15H2,1-3H3,(H,18,19);2H2,1H3,(H,4,5). The molecule has 156 valence electrons. The van der Waals surface area contributed by atoms with Gasteiger partial charge in [-0.2, -0.15) is 0 Å². The number of aliphatic carboxylic acids is 2. The van der Waals surface area contributed by atoms with Crippen LogP contribution in [-0.2, 0) is 9.59 Å². The third-order valence-corrected chi connectivity index (χ3v) is 7.09. The second kappa shape index (κ2) is 19.4. The summed E-state index contributed by atoms with van der Waals surface area (Å²) in [6.45, 7) is 7.91. The van der Waals surface area contributed by atoms with Gasteiger partial charge in [0.05, 0.1) is 0 Å². The average Bonchev–Trinajstić information content (AvgIpc) is 2.61. The first-order chi connectivity index (χ1) is 12.3. The minimum absolute atomic E-state index is 0.222. The predicted molar refractivity (Wildman–Crippen MR) is 116 cm³/mol. The van der Waals surface area contributed by atoms with Crippen molar-refractivity contribution in [1.82, 2.24) is 0 Å². The Bertz CT molecular complexity index is 333. The molecule has 0 aliphatic carbocycles. The molecular weight excluding hydrogens is 368 g/mol. The number of unbranched alkanes of at least 4 members (excludes halogenated alkanes) is 8. The van der Waals surface area contributed by atoms with Crippen molar-refractivity contribution in [2.75, 3.05) is 11.5 Å². The summed E-state index contributed by atoms with van der Waals surface area (Å²) in [5.74, 6) is 0.523. The van der Waals surface area contributed by atoms with Gasteiger partial charge in [-0.1, -0.05) is 72.1 Å². The summed E-state index contributed by atoms with van der Waals surface area (Å²) in [5, 5.41) is 17.2. The molecule has 4 nitrogen and oxygen atoms in total. The van der Waals surface area contributed by atoms with E-state index in [4.69, 9.17) is 5.11 Å². The summed E-state index contributed by atoms with van der Waals surface area (Å²) < 4.78 is -0.657. The van der Waals surface area contributed by atoms with Gasteiger partial charge in [0.15, 0.2) is 4.08 Å². The normalized spacial score (nSPS) is 10.9. The number of hydrogen-bond donors (Lipinski definition) is 2. The molecule has 0 atom stereocenters. The summed E-state index contributed by atoms with van der Waals surface area (Å²) >= 11 is 3.24. The van der Waals surface area contributed by atoms with Gasteiger partial charge in [0.2, 0.25) is 0 Å². The molecule has 0 aliphatic heterocycles. The Morgan fingerprint density at radius 1 is 0.731 bits per heavy atom. The molecule has 26 heavy (non-hydrogen) atoms. The fourth-order valence-corrected chi connectivity index (χ4v) is 4.67. The molecule has 0 amide bonds. The van der Waals surface area contributed by atoms with Crippen LogP contribution < -0.4 is 0 Å². The maximum atomic E-state index is 11.5. The zero-order valence-corrected chi connectivity index (χ0v) is 18.9. The van der Waals surface area contributed by atoms with E-state index in [1.54, 1.807) is 30.4 Å². The van der Waals surface area contributed by atoms with E-state index in [0.717, 1.165) is 24.3 Å². The molecule has 0 fully saturated rings. The molecule has 0 aliphatic rings. The van der Waals surface area contributed by atoms with Crippen molar-refractivity contribution in [3.05, 3.63) is 0 Å². The number of rotatable bonds is 16. The molecule has 0 saturated heterocycles. The molecule has 0 rings (SSSR count). The van der Waals surface area contributed by atoms with E-state index in [1.807, 2.05) is 6.92 Å². The van der Waals surface area contributed by atoms with Gasteiger partial charge < -0.3 is 10.2 Å². The first kappa shape index (κ1) is 27.9. The van der Waals surface area contributed by atoms with Gasteiger partial charge in [-0.3, -0.25) is 4.79 Å². The molecule has 0 aromatic rings. The van der Waals surface area contributed by atoms with Crippen LogP contribution in [0.25, 0.3) is 0 Å². The number of carbonyl (C=O) groups is 2. The average molecular weight is 409 g/mol. The van der Waals surface area contributed by atoms with Crippen molar-refractivity contribution < 1.29 is 19.8 Å². The maximum absolute atomic E-state index is 11.5. The Kier molecular flexibility index (Phi) is 20.8. The highest BCUT2D eigenvalue weighted by Gasteiger charge is 2.33. The predicted octanol–water partition coefficient (Wildman–Crippen LogP) is 6.68. The molecule has 2 N–H and O–H groups in total. The third kappa shape index (κ3) is 18.4. The van der Waals surface area contributed by atoms with Crippen LogP contribution in [0.2, 0.25) is 0 Å². The Labute approximate surface area is 169 Å². The van der Waals surface area contributed by atoms with Gasteiger partial charge in [-0.05, 0) is 31.3 Å². The maximum Gasteiger partial charge on any atom is 0.329 e. The van der Waals surface area contributed by atoms with Crippen molar-refractivity contribution in [3.63, 3.8) is 0 Å². The van der Waals surface area contributed by atoms with Gasteiger partial charge in [-0.25, -0.2) is 4.79 Å². The first-order valence-electron chi connectivity index (χ1n) is 10.1. The molecular formula is C20H40O4S2. The number of hydrogen-bond acceptors (Lipinski definition) is 4. The summed E-state index contributed by atoms with van der Waals surface area (Å²) in [5.41, 5.74) is 0. The molecule has 0 unspecified atom stereocenters. The fraction of sp³-hybridized carbons (Fsp3) is 0.900. The van der Waals surface area contributed by atoms with Crippen molar-refractivity contribution >= 4 is 35.5 Å². The lowest BCUT2D eigenvalue weighted by molar-refractivity contribution is -0.137. The van der Waals surface area contributed by atoms with Gasteiger partial charge >= 0.3 is 11.9 Å². The first-order valence-corrected chi connectivity index (χ1v) is 12.0. The van der Waals surface area contributed by atoms with E-state index < -0.39 is 16.0 Å². The van der Waals surface area contributed by atoms with Gasteiger partial charge in [0.25, 0.3) is 0 Å². The summed E-state index contributed by atoms with van der Waals surface area (Å²) in [6, 6.07) is 0. The number of carboxylic acids is 2. The molecule has 0 radical (unpaired) electrons. The largest absolute Gasteiger partial charge is 0.481 e. The van der Waals surface area contributed by atoms with Gasteiger partial charge in [0, 0.05) is 6.42 Å². The van der Waals surface area contributed by atoms with E-state index >= 15 is 0 Å². The molecule has 0 aromatic carbocycles. The molecule has 0 spiro atoms. The van der Waals surface area contributed by atoms with Crippen LogP contribution >= 0.6 is 23.5 Å². The van der Waals surface area contributed by atoms with Gasteiger partial charge in [-0.15, -0.1) is 23.5 Å². The highest BCUT2D eigenvalue weighted by Crippen LogP contribution is 2.38. The minimum atomic E-state index is -0.745. The highest BCUT2D eigenvalue weighted by atomic mass is 32.2. The molecule has 0 aromatic heterocycles. The number of carboxylic acid groups (broad SMARTS) is 2. The Morgan fingerprint density at radius 2 is 1.08 bits per heavy atom. The Balaban J connectivity index is 0. The smallest absolute Gasteiger partial charge is 0.329 e. The lowest BCUT2D eigenvalue weighted by Gasteiger charge is -2.23. The Morgan fingerprint density at radius 3 is 1.35 bits per heavy atom. The van der Waals surface area contributed by atoms with Gasteiger partial charge in [0.1, 0.15) is 0 Å². The molecule has 0 saturated carbocycles. The molecule has 6 heteroatoms. The van der Waals surface area contributed by atoms with Crippen molar-refractivity contribution in [1.29, 1.82) is 0 Å². The van der Waals surface area contributed by atoms with Crippen LogP contribution in [0.15, 0.2) is 0 Å². The van der Waals surface area contributed by atoms with Crippen LogP contribution in [0.5, 0.6) is 0 Å². The fourth-order valence-electron chi connectivity index (χ4n) is 2.11. The number of thioether (sulfide) groups is 2. The minimum Gasteiger partial charge on any atom is -0.481 e. The second-order valence-corrected chi connectivity index (χ2v) is 9.81. The van der Waals surface area contributed by atoms with Crippen molar-refractivity contribution in [2.24, 2.45) is 0 Å². The van der Waals surface area contributed by atoms with E-state index in [0.29, 0.717) is 0 Å². The topological polar surface area (TPSA) is 74.6 Å². The van der Waals surface area contributed by atoms with Crippen LogP contribution in [-0.4, -0.2) is 37.7 Å². The van der Waals surface area contributed by atoms with E-state index in [1.165, 1.54) is 51.4 Å². The van der Waals surface area contributed by atoms with Crippen LogP contribution in [0.4, 0.5) is 0 Å². The lowest BCUT2D eigenvalue weighted by atomic mass is 10.2. The Hall–Kier alpha value is -0.360. The second-order valence-electron chi connectivity index (χ2n) is 6.52. The van der Waals surface area contributed by atoms with Crippen LogP contribution in [0, 0.1) is 0 Å². The third-order valence-electron chi connectivity index (χ3n) is 3.94. The monoisotopic (exact) mass is 408 g/mol. The SMILES string of the molecule is CCC(=O)O.CCCCCCCSC(C)(SCCCCCCC)C(=O)O. The zero-order chi connectivity index (χ0) is 20.3. The molecule has 0 bridgehead atoms. The summed E-state index contributed by atoms with van der Waals surface area (Å²) in [4.78, 5) is 20.9. The van der Waals surface area contributed by atoms with E-state index in [-0.39, 0.29) is 6.42 Å². The van der Waals surface area contributed by atoms with Crippen LogP contribution in [0.1, 0.15) is 98.3 Å². The quantitative estimate of drug-likeness (QED) is 0.219. The van der Waals surface area contributed by atoms with Crippen molar-refractivity contribution in [2.45, 2.75) is 102 Å². The summed E-state index contributed by atoms with van der Waals surface area (Å²) in [6.07, 6.45) is 12.7. The van der Waals surface area contributed by atoms with E-state index in [9.17, 15) is 14.7 Å². The van der Waals surface area contributed by atoms with Crippen LogP contribution in [0.3, 0.4) is 0 Å².